The van der Waals surface area contributed by atoms with E-state index < -0.39 is 5.72 Å². The monoisotopic (exact) mass is 415 g/mol. The Labute approximate surface area is 177 Å². The third kappa shape index (κ3) is 2.39. The Morgan fingerprint density at radius 1 is 1.13 bits per heavy atom. The predicted molar refractivity (Wildman–Crippen MR) is 112 cm³/mol. The summed E-state index contributed by atoms with van der Waals surface area (Å²) in [5.74, 6) is 0. The SMILES string of the molecule is CC1(c2c(-c3ncn4c3c(=O)n(C3(C)CCCO3)c3ccccc34)nnn2C#N)CC1. The van der Waals surface area contributed by atoms with Crippen molar-refractivity contribution in [2.75, 3.05) is 6.61 Å². The van der Waals surface area contributed by atoms with Crippen molar-refractivity contribution in [3.05, 3.63) is 46.6 Å². The van der Waals surface area contributed by atoms with E-state index >= 15 is 0 Å². The van der Waals surface area contributed by atoms with Gasteiger partial charge in [0.05, 0.1) is 16.7 Å². The summed E-state index contributed by atoms with van der Waals surface area (Å²) in [6, 6.07) is 7.77. The molecule has 0 radical (unpaired) electrons. The molecule has 1 unspecified atom stereocenters. The van der Waals surface area contributed by atoms with E-state index in [9.17, 15) is 10.1 Å². The van der Waals surface area contributed by atoms with Crippen LogP contribution in [-0.2, 0) is 15.9 Å². The fourth-order valence-corrected chi connectivity index (χ4v) is 4.87. The highest BCUT2D eigenvalue weighted by Gasteiger charge is 2.46. The lowest BCUT2D eigenvalue weighted by atomic mass is 10.0. The van der Waals surface area contributed by atoms with Crippen LogP contribution in [0.3, 0.4) is 0 Å². The number of hydrogen-bond donors (Lipinski definition) is 0. The van der Waals surface area contributed by atoms with Gasteiger partial charge in [-0.2, -0.15) is 5.26 Å². The normalized spacial score (nSPS) is 22.2. The number of rotatable bonds is 3. The fraction of sp³-hybridized carbons (Fsp3) is 0.409. The minimum absolute atomic E-state index is 0.180. The lowest BCUT2D eigenvalue weighted by molar-refractivity contribution is -0.0447. The van der Waals surface area contributed by atoms with Crippen LogP contribution in [-0.4, -0.2) is 35.6 Å². The van der Waals surface area contributed by atoms with Crippen molar-refractivity contribution in [3.8, 4) is 17.6 Å². The molecule has 2 aliphatic rings. The van der Waals surface area contributed by atoms with Gasteiger partial charge in [-0.3, -0.25) is 13.8 Å². The van der Waals surface area contributed by atoms with Crippen molar-refractivity contribution in [1.82, 2.24) is 28.9 Å². The van der Waals surface area contributed by atoms with E-state index in [2.05, 4.69) is 28.4 Å². The first-order valence-electron chi connectivity index (χ1n) is 10.5. The minimum Gasteiger partial charge on any atom is -0.355 e. The van der Waals surface area contributed by atoms with Crippen molar-refractivity contribution in [2.24, 2.45) is 0 Å². The molecular formula is C22H21N7O2. The topological polar surface area (TPSA) is 103 Å². The van der Waals surface area contributed by atoms with Gasteiger partial charge in [0.25, 0.3) is 5.56 Å². The Hall–Kier alpha value is -3.51. The summed E-state index contributed by atoms with van der Waals surface area (Å²) in [6.45, 7) is 4.67. The number of nitrogens with zero attached hydrogens (tertiary/aromatic N) is 7. The molecule has 6 rings (SSSR count). The summed E-state index contributed by atoms with van der Waals surface area (Å²) >= 11 is 0. The maximum atomic E-state index is 13.9. The molecule has 2 fully saturated rings. The zero-order valence-corrected chi connectivity index (χ0v) is 17.4. The standard InChI is InChI=1S/C22H21N7O2/c1-21(9-10-21)19-17(25-26-28(19)12-23)16-18-20(30)29(22(2)8-5-11-31-22)15-7-4-3-6-14(15)27(18)13-24-16/h3-4,6-7,13H,5,8-11H2,1-2H3. The van der Waals surface area contributed by atoms with E-state index in [0.717, 1.165) is 42.4 Å². The Balaban J connectivity index is 1.73. The second-order valence-corrected chi connectivity index (χ2v) is 8.93. The maximum absolute atomic E-state index is 13.9. The van der Waals surface area contributed by atoms with Gasteiger partial charge in [-0.15, -0.1) is 9.78 Å². The number of aromatic nitrogens is 6. The summed E-state index contributed by atoms with van der Waals surface area (Å²) in [5.41, 5.74) is 2.66. The molecule has 31 heavy (non-hydrogen) atoms. The van der Waals surface area contributed by atoms with E-state index in [1.807, 2.05) is 35.6 Å². The summed E-state index contributed by atoms with van der Waals surface area (Å²) in [5, 5.41) is 17.9. The first kappa shape index (κ1) is 18.3. The van der Waals surface area contributed by atoms with Crippen LogP contribution in [0.25, 0.3) is 27.9 Å². The molecule has 9 heteroatoms. The van der Waals surface area contributed by atoms with Crippen molar-refractivity contribution >= 4 is 16.6 Å². The first-order valence-corrected chi connectivity index (χ1v) is 10.5. The lowest BCUT2D eigenvalue weighted by Gasteiger charge is -2.28. The fourth-order valence-electron chi connectivity index (χ4n) is 4.87. The summed E-state index contributed by atoms with van der Waals surface area (Å²) < 4.78 is 10.9. The van der Waals surface area contributed by atoms with Crippen molar-refractivity contribution in [2.45, 2.75) is 50.7 Å². The molecule has 3 aromatic heterocycles. The number of nitriles is 1. The number of imidazole rings is 1. The van der Waals surface area contributed by atoms with Crippen LogP contribution in [0, 0.1) is 11.5 Å². The minimum atomic E-state index is -0.727. The number of benzene rings is 1. The highest BCUT2D eigenvalue weighted by molar-refractivity contribution is 5.85. The van der Waals surface area contributed by atoms with Crippen LogP contribution in [0.15, 0.2) is 35.4 Å². The highest BCUT2D eigenvalue weighted by Crippen LogP contribution is 2.50. The zero-order chi connectivity index (χ0) is 21.4. The Morgan fingerprint density at radius 3 is 2.58 bits per heavy atom. The van der Waals surface area contributed by atoms with Crippen molar-refractivity contribution in [3.63, 3.8) is 0 Å². The predicted octanol–water partition coefficient (Wildman–Crippen LogP) is 2.77. The van der Waals surface area contributed by atoms with Crippen LogP contribution < -0.4 is 5.56 Å². The number of fused-ring (bicyclic) bond motifs is 3. The second-order valence-electron chi connectivity index (χ2n) is 8.93. The Kier molecular flexibility index (Phi) is 3.55. The molecule has 1 aliphatic carbocycles. The van der Waals surface area contributed by atoms with E-state index in [1.54, 1.807) is 10.9 Å². The summed E-state index contributed by atoms with van der Waals surface area (Å²) in [4.78, 5) is 18.5. The molecule has 156 valence electrons. The molecule has 1 aliphatic heterocycles. The molecule has 1 saturated heterocycles. The van der Waals surface area contributed by atoms with E-state index in [1.165, 1.54) is 4.68 Å². The van der Waals surface area contributed by atoms with Crippen molar-refractivity contribution < 1.29 is 4.74 Å². The molecule has 4 aromatic rings. The first-order chi connectivity index (χ1) is 15.0. The molecule has 0 spiro atoms. The molecule has 0 N–H and O–H groups in total. The molecule has 4 heterocycles. The smallest absolute Gasteiger partial charge is 0.280 e. The molecule has 1 aromatic carbocycles. The quantitative estimate of drug-likeness (QED) is 0.510. The van der Waals surface area contributed by atoms with E-state index in [0.29, 0.717) is 23.5 Å². The number of hydrogen-bond acceptors (Lipinski definition) is 6. The van der Waals surface area contributed by atoms with Gasteiger partial charge in [-0.1, -0.05) is 24.3 Å². The average molecular weight is 415 g/mol. The van der Waals surface area contributed by atoms with Gasteiger partial charge in [0.2, 0.25) is 6.19 Å². The number of para-hydroxylation sites is 2. The Bertz CT molecular complexity index is 1460. The lowest BCUT2D eigenvalue weighted by Crippen LogP contribution is -2.39. The third-order valence-corrected chi connectivity index (χ3v) is 6.79. The molecular weight excluding hydrogens is 394 g/mol. The van der Waals surface area contributed by atoms with Crippen molar-refractivity contribution in [1.29, 1.82) is 5.26 Å². The van der Waals surface area contributed by atoms with E-state index in [-0.39, 0.29) is 11.0 Å². The highest BCUT2D eigenvalue weighted by atomic mass is 16.5. The van der Waals surface area contributed by atoms with Crippen LogP contribution in [0.5, 0.6) is 0 Å². The van der Waals surface area contributed by atoms with Gasteiger partial charge in [-0.25, -0.2) is 4.98 Å². The largest absolute Gasteiger partial charge is 0.355 e. The second kappa shape index (κ2) is 6.02. The molecule has 1 saturated carbocycles. The summed E-state index contributed by atoms with van der Waals surface area (Å²) in [7, 11) is 0. The maximum Gasteiger partial charge on any atom is 0.280 e. The van der Waals surface area contributed by atoms with Gasteiger partial charge >= 0.3 is 0 Å². The van der Waals surface area contributed by atoms with Crippen LogP contribution >= 0.6 is 0 Å². The summed E-state index contributed by atoms with van der Waals surface area (Å²) in [6.07, 6.45) is 7.28. The van der Waals surface area contributed by atoms with Gasteiger partial charge in [0.1, 0.15) is 29.0 Å². The average Bonchev–Trinajstić information content (AvgIpc) is 3.17. The molecule has 0 bridgehead atoms. The molecule has 9 nitrogen and oxygen atoms in total. The third-order valence-electron chi connectivity index (χ3n) is 6.79. The van der Waals surface area contributed by atoms with Gasteiger partial charge in [-0.05, 0) is 44.7 Å². The molecule has 0 amide bonds. The van der Waals surface area contributed by atoms with E-state index in [4.69, 9.17) is 4.74 Å². The van der Waals surface area contributed by atoms with Crippen LogP contribution in [0.1, 0.15) is 45.2 Å². The zero-order valence-electron chi connectivity index (χ0n) is 17.4. The van der Waals surface area contributed by atoms with Gasteiger partial charge < -0.3 is 4.74 Å². The Morgan fingerprint density at radius 2 is 1.90 bits per heavy atom. The number of ether oxygens (including phenoxy) is 1. The van der Waals surface area contributed by atoms with Gasteiger partial charge in [0.15, 0.2) is 0 Å². The van der Waals surface area contributed by atoms with Gasteiger partial charge in [0, 0.05) is 12.0 Å². The van der Waals surface area contributed by atoms with Crippen LogP contribution in [0.4, 0.5) is 0 Å². The molecule has 1 atom stereocenters. The van der Waals surface area contributed by atoms with Crippen LogP contribution in [0.2, 0.25) is 0 Å².